The number of ether oxygens (including phenoxy) is 1. The number of benzene rings is 2. The van der Waals surface area contributed by atoms with Gasteiger partial charge in [0.25, 0.3) is 0 Å². The summed E-state index contributed by atoms with van der Waals surface area (Å²) in [6.07, 6.45) is 6.23. The van der Waals surface area contributed by atoms with E-state index in [4.69, 9.17) is 10.00 Å². The summed E-state index contributed by atoms with van der Waals surface area (Å²) >= 11 is 0. The summed E-state index contributed by atoms with van der Waals surface area (Å²) in [5.74, 6) is 1.83. The highest BCUT2D eigenvalue weighted by Gasteiger charge is 2.18. The molecule has 0 aliphatic carbocycles. The van der Waals surface area contributed by atoms with Crippen molar-refractivity contribution >= 4 is 0 Å². The van der Waals surface area contributed by atoms with E-state index in [0.29, 0.717) is 18.2 Å². The lowest BCUT2D eigenvalue weighted by Crippen LogP contribution is -2.35. The molecule has 2 heterocycles. The first-order chi connectivity index (χ1) is 13.7. The normalized spacial score (nSPS) is 15.3. The molecule has 5 heteroatoms. The Balaban J connectivity index is 1.46. The molecule has 2 aromatic carbocycles. The molecule has 1 aliphatic heterocycles. The third kappa shape index (κ3) is 4.24. The molecule has 0 spiro atoms. The molecule has 28 heavy (non-hydrogen) atoms. The van der Waals surface area contributed by atoms with Crippen molar-refractivity contribution in [2.24, 2.45) is 0 Å². The maximum Gasteiger partial charge on any atom is 0.140 e. The molecule has 4 rings (SSSR count). The lowest BCUT2D eigenvalue weighted by Gasteiger charge is -2.29. The summed E-state index contributed by atoms with van der Waals surface area (Å²) in [5, 5.41) is 9.09. The number of piperidine rings is 1. The molecule has 0 N–H and O–H groups in total. The number of nitrogens with zero attached hydrogens (tertiary/aromatic N) is 4. The second kappa shape index (κ2) is 8.28. The van der Waals surface area contributed by atoms with Crippen molar-refractivity contribution in [3.05, 3.63) is 72.1 Å². The third-order valence-corrected chi connectivity index (χ3v) is 5.21. The molecule has 0 amide bonds. The lowest BCUT2D eigenvalue weighted by molar-refractivity contribution is 0.114. The maximum absolute atomic E-state index is 9.09. The Morgan fingerprint density at radius 3 is 2.68 bits per heavy atom. The van der Waals surface area contributed by atoms with Gasteiger partial charge in [0.15, 0.2) is 0 Å². The minimum atomic E-state index is 0.302. The number of nitriles is 1. The van der Waals surface area contributed by atoms with Gasteiger partial charge in [-0.2, -0.15) is 5.26 Å². The smallest absolute Gasteiger partial charge is 0.140 e. The summed E-state index contributed by atoms with van der Waals surface area (Å²) in [6, 6.07) is 18.1. The Morgan fingerprint density at radius 2 is 1.93 bits per heavy atom. The minimum absolute atomic E-state index is 0.302. The van der Waals surface area contributed by atoms with Crippen LogP contribution in [-0.2, 0) is 6.54 Å². The van der Waals surface area contributed by atoms with E-state index in [-0.39, 0.29) is 0 Å². The first-order valence-corrected chi connectivity index (χ1v) is 9.67. The third-order valence-electron chi connectivity index (χ3n) is 5.21. The molecule has 0 saturated carbocycles. The quantitative estimate of drug-likeness (QED) is 0.681. The van der Waals surface area contributed by atoms with Crippen LogP contribution in [0.4, 0.5) is 0 Å². The molecule has 1 saturated heterocycles. The number of imidazole rings is 1. The van der Waals surface area contributed by atoms with Crippen molar-refractivity contribution in [1.29, 1.82) is 5.26 Å². The number of rotatable bonds is 5. The van der Waals surface area contributed by atoms with E-state index in [2.05, 4.69) is 39.7 Å². The lowest BCUT2D eigenvalue weighted by atomic mass is 10.1. The molecular formula is C23H24N4O. The minimum Gasteiger partial charge on any atom is -0.490 e. The molecule has 0 bridgehead atoms. The number of hydrogen-bond acceptors (Lipinski definition) is 4. The van der Waals surface area contributed by atoms with Gasteiger partial charge in [0.05, 0.1) is 11.6 Å². The largest absolute Gasteiger partial charge is 0.490 e. The van der Waals surface area contributed by atoms with Crippen molar-refractivity contribution in [3.63, 3.8) is 0 Å². The van der Waals surface area contributed by atoms with Crippen molar-refractivity contribution in [2.45, 2.75) is 25.5 Å². The highest BCUT2D eigenvalue weighted by molar-refractivity contribution is 5.57. The van der Waals surface area contributed by atoms with Crippen LogP contribution in [0.25, 0.3) is 11.4 Å². The zero-order chi connectivity index (χ0) is 19.3. The van der Waals surface area contributed by atoms with Crippen LogP contribution in [0.5, 0.6) is 5.75 Å². The fourth-order valence-corrected chi connectivity index (χ4v) is 3.61. The van der Waals surface area contributed by atoms with Crippen molar-refractivity contribution in [2.75, 3.05) is 20.1 Å². The monoisotopic (exact) mass is 372 g/mol. The zero-order valence-corrected chi connectivity index (χ0v) is 16.1. The van der Waals surface area contributed by atoms with Gasteiger partial charge in [-0.05, 0) is 61.9 Å². The molecule has 3 aromatic rings. The SMILES string of the molecule is CN1CCC(Oc2ccc(-c3nccn3Cc3cccc(C#N)c3)cc2)CC1. The van der Waals surface area contributed by atoms with E-state index in [1.807, 2.05) is 48.8 Å². The first kappa shape index (κ1) is 18.3. The van der Waals surface area contributed by atoms with Gasteiger partial charge in [-0.25, -0.2) is 4.98 Å². The van der Waals surface area contributed by atoms with E-state index in [1.165, 1.54) is 0 Å². The Kier molecular flexibility index (Phi) is 5.41. The topological polar surface area (TPSA) is 54.1 Å². The van der Waals surface area contributed by atoms with Crippen LogP contribution in [-0.4, -0.2) is 40.7 Å². The van der Waals surface area contributed by atoms with Crippen LogP contribution < -0.4 is 4.74 Å². The van der Waals surface area contributed by atoms with Gasteiger partial charge in [-0.1, -0.05) is 12.1 Å². The zero-order valence-electron chi connectivity index (χ0n) is 16.1. The first-order valence-electron chi connectivity index (χ1n) is 9.67. The van der Waals surface area contributed by atoms with E-state index in [0.717, 1.165) is 48.6 Å². The molecular weight excluding hydrogens is 348 g/mol. The standard InChI is InChI=1S/C23H24N4O/c1-26-12-9-22(10-13-26)28-21-7-5-20(6-8-21)23-25-11-14-27(23)17-19-4-2-3-18(15-19)16-24/h2-8,11,14-15,22H,9-10,12-13,17H2,1H3. The summed E-state index contributed by atoms with van der Waals surface area (Å²) in [6.45, 7) is 2.86. The van der Waals surface area contributed by atoms with Gasteiger partial charge in [0.1, 0.15) is 17.7 Å². The van der Waals surface area contributed by atoms with Gasteiger partial charge in [0, 0.05) is 37.6 Å². The van der Waals surface area contributed by atoms with Crippen LogP contribution >= 0.6 is 0 Å². The van der Waals surface area contributed by atoms with Gasteiger partial charge < -0.3 is 14.2 Å². The molecule has 1 aliphatic rings. The highest BCUT2D eigenvalue weighted by Crippen LogP contribution is 2.24. The molecule has 5 nitrogen and oxygen atoms in total. The average molecular weight is 372 g/mol. The molecule has 142 valence electrons. The van der Waals surface area contributed by atoms with Crippen LogP contribution in [0.3, 0.4) is 0 Å². The predicted molar refractivity (Wildman–Crippen MR) is 109 cm³/mol. The van der Waals surface area contributed by atoms with Crippen molar-refractivity contribution < 1.29 is 4.74 Å². The average Bonchev–Trinajstić information content (AvgIpc) is 3.18. The Hall–Kier alpha value is -3.10. The van der Waals surface area contributed by atoms with Crippen molar-refractivity contribution in [3.8, 4) is 23.2 Å². The summed E-state index contributed by atoms with van der Waals surface area (Å²) in [4.78, 5) is 6.87. The summed E-state index contributed by atoms with van der Waals surface area (Å²) < 4.78 is 8.24. The fourth-order valence-electron chi connectivity index (χ4n) is 3.61. The Labute approximate surface area is 165 Å². The van der Waals surface area contributed by atoms with E-state index >= 15 is 0 Å². The van der Waals surface area contributed by atoms with Crippen LogP contribution in [0, 0.1) is 11.3 Å². The maximum atomic E-state index is 9.09. The summed E-state index contributed by atoms with van der Waals surface area (Å²) in [5.41, 5.74) is 2.81. The van der Waals surface area contributed by atoms with Crippen LogP contribution in [0.15, 0.2) is 60.9 Å². The second-order valence-corrected chi connectivity index (χ2v) is 7.34. The molecule has 0 unspecified atom stereocenters. The van der Waals surface area contributed by atoms with Gasteiger partial charge in [-0.3, -0.25) is 0 Å². The van der Waals surface area contributed by atoms with Crippen LogP contribution in [0.1, 0.15) is 24.0 Å². The van der Waals surface area contributed by atoms with E-state index in [1.54, 1.807) is 0 Å². The van der Waals surface area contributed by atoms with Gasteiger partial charge in [0.2, 0.25) is 0 Å². The highest BCUT2D eigenvalue weighted by atomic mass is 16.5. The molecule has 0 radical (unpaired) electrons. The van der Waals surface area contributed by atoms with E-state index < -0.39 is 0 Å². The predicted octanol–water partition coefficient (Wildman–Crippen LogP) is 3.94. The molecule has 0 atom stereocenters. The Morgan fingerprint density at radius 1 is 1.14 bits per heavy atom. The van der Waals surface area contributed by atoms with Gasteiger partial charge in [-0.15, -0.1) is 0 Å². The molecule has 1 fully saturated rings. The fraction of sp³-hybridized carbons (Fsp3) is 0.304. The second-order valence-electron chi connectivity index (χ2n) is 7.34. The van der Waals surface area contributed by atoms with Gasteiger partial charge >= 0.3 is 0 Å². The number of hydrogen-bond donors (Lipinski definition) is 0. The summed E-state index contributed by atoms with van der Waals surface area (Å²) in [7, 11) is 2.16. The number of aromatic nitrogens is 2. The number of likely N-dealkylation sites (tertiary alicyclic amines) is 1. The van der Waals surface area contributed by atoms with E-state index in [9.17, 15) is 0 Å². The molecule has 1 aromatic heterocycles. The van der Waals surface area contributed by atoms with Crippen molar-refractivity contribution in [1.82, 2.24) is 14.5 Å². The van der Waals surface area contributed by atoms with Crippen LogP contribution in [0.2, 0.25) is 0 Å². The Bertz CT molecular complexity index is 963.